The lowest BCUT2D eigenvalue weighted by atomic mass is 10.1. The molecular formula is C14H22N4O2S. The van der Waals surface area contributed by atoms with Gasteiger partial charge >= 0.3 is 6.03 Å². The van der Waals surface area contributed by atoms with Crippen molar-refractivity contribution in [1.82, 2.24) is 15.2 Å². The maximum atomic E-state index is 12.0. The summed E-state index contributed by atoms with van der Waals surface area (Å²) in [5.41, 5.74) is 1.01. The molecule has 2 N–H and O–H groups in total. The maximum absolute atomic E-state index is 12.0. The van der Waals surface area contributed by atoms with Crippen molar-refractivity contribution in [2.24, 2.45) is 0 Å². The van der Waals surface area contributed by atoms with E-state index in [4.69, 9.17) is 0 Å². The number of rotatable bonds is 4. The average Bonchev–Trinajstić information content (AvgIpc) is 2.90. The zero-order valence-corrected chi connectivity index (χ0v) is 13.5. The molecule has 0 aromatic carbocycles. The normalized spacial score (nSPS) is 20.2. The topological polar surface area (TPSA) is 74.3 Å². The van der Waals surface area contributed by atoms with Gasteiger partial charge in [-0.2, -0.15) is 0 Å². The van der Waals surface area contributed by atoms with Crippen molar-refractivity contribution in [3.05, 3.63) is 11.1 Å². The molecule has 2 rings (SSSR count). The molecule has 1 fully saturated rings. The molecule has 21 heavy (non-hydrogen) atoms. The Balaban J connectivity index is 1.84. The minimum Gasteiger partial charge on any atom is -0.344 e. The van der Waals surface area contributed by atoms with Crippen LogP contribution in [0.5, 0.6) is 0 Å². The number of nitrogens with zero attached hydrogens (tertiary/aromatic N) is 2. The van der Waals surface area contributed by atoms with E-state index in [1.165, 1.54) is 11.3 Å². The first-order chi connectivity index (χ1) is 9.99. The van der Waals surface area contributed by atoms with Crippen LogP contribution >= 0.6 is 11.3 Å². The number of aromatic nitrogens is 1. The molecule has 0 aliphatic carbocycles. The van der Waals surface area contributed by atoms with Gasteiger partial charge in [-0.05, 0) is 18.8 Å². The van der Waals surface area contributed by atoms with Gasteiger partial charge in [0.25, 0.3) is 0 Å². The molecule has 7 heteroatoms. The summed E-state index contributed by atoms with van der Waals surface area (Å²) in [5.74, 6) is 0.532. The predicted octanol–water partition coefficient (Wildman–Crippen LogP) is 2.40. The van der Waals surface area contributed by atoms with Crippen molar-refractivity contribution in [1.29, 1.82) is 0 Å². The molecule has 6 nitrogen and oxygen atoms in total. The zero-order valence-electron chi connectivity index (χ0n) is 12.7. The third kappa shape index (κ3) is 4.17. The van der Waals surface area contributed by atoms with Crippen LogP contribution in [0.2, 0.25) is 0 Å². The Morgan fingerprint density at radius 1 is 1.62 bits per heavy atom. The summed E-state index contributed by atoms with van der Waals surface area (Å²) < 4.78 is 0. The molecule has 116 valence electrons. The fourth-order valence-corrected chi connectivity index (χ4v) is 3.05. The number of hydrogen-bond donors (Lipinski definition) is 2. The lowest BCUT2D eigenvalue weighted by Crippen LogP contribution is -2.49. The van der Waals surface area contributed by atoms with Crippen molar-refractivity contribution in [2.45, 2.75) is 45.1 Å². The van der Waals surface area contributed by atoms with Crippen LogP contribution in [0.3, 0.4) is 0 Å². The Morgan fingerprint density at radius 3 is 3.05 bits per heavy atom. The van der Waals surface area contributed by atoms with Crippen molar-refractivity contribution < 1.29 is 9.59 Å². The van der Waals surface area contributed by atoms with E-state index in [0.29, 0.717) is 30.4 Å². The van der Waals surface area contributed by atoms with Crippen molar-refractivity contribution in [3.8, 4) is 0 Å². The highest BCUT2D eigenvalue weighted by Gasteiger charge is 2.24. The number of nitrogens with one attached hydrogen (secondary N) is 2. The molecule has 0 saturated carbocycles. The molecule has 3 amide bonds. The third-order valence-corrected chi connectivity index (χ3v) is 4.60. The minimum atomic E-state index is -0.257. The lowest BCUT2D eigenvalue weighted by Gasteiger charge is -2.29. The number of anilines is 1. The van der Waals surface area contributed by atoms with E-state index in [-0.39, 0.29) is 18.0 Å². The highest BCUT2D eigenvalue weighted by atomic mass is 32.1. The largest absolute Gasteiger partial charge is 0.344 e. The summed E-state index contributed by atoms with van der Waals surface area (Å²) in [6.45, 7) is 4.79. The van der Waals surface area contributed by atoms with E-state index in [1.807, 2.05) is 5.38 Å². The van der Waals surface area contributed by atoms with Crippen LogP contribution in [0.4, 0.5) is 9.93 Å². The van der Waals surface area contributed by atoms with Crippen LogP contribution in [0.15, 0.2) is 5.38 Å². The quantitative estimate of drug-likeness (QED) is 0.897. The molecule has 1 saturated heterocycles. The van der Waals surface area contributed by atoms with E-state index in [2.05, 4.69) is 29.5 Å². The lowest BCUT2D eigenvalue weighted by molar-refractivity contribution is -0.132. The Hall–Kier alpha value is -1.63. The number of thiazole rings is 1. The van der Waals surface area contributed by atoms with Gasteiger partial charge in [0.1, 0.15) is 0 Å². The van der Waals surface area contributed by atoms with Gasteiger partial charge in [0.05, 0.1) is 5.69 Å². The first kappa shape index (κ1) is 15.8. The number of likely N-dealkylation sites (N-methyl/N-ethyl adjacent to an activating group) is 1. The average molecular weight is 310 g/mol. The molecule has 2 atom stereocenters. The van der Waals surface area contributed by atoms with Gasteiger partial charge < -0.3 is 10.2 Å². The summed E-state index contributed by atoms with van der Waals surface area (Å²) in [6.07, 6.45) is 2.20. The molecule has 1 aromatic heterocycles. The standard InChI is InChI=1S/C14H22N4O2S/c1-4-9(2)11-8-21-14(16-11)17-13(20)15-10-5-6-12(19)18(3)7-10/h8-10H,4-7H2,1-3H3,(H2,15,16,17,20). The van der Waals surface area contributed by atoms with Gasteiger partial charge in [-0.25, -0.2) is 9.78 Å². The summed E-state index contributed by atoms with van der Waals surface area (Å²) in [4.78, 5) is 29.4. The summed E-state index contributed by atoms with van der Waals surface area (Å²) >= 11 is 1.44. The van der Waals surface area contributed by atoms with E-state index >= 15 is 0 Å². The second kappa shape index (κ2) is 6.89. The van der Waals surface area contributed by atoms with E-state index < -0.39 is 0 Å². The predicted molar refractivity (Wildman–Crippen MR) is 83.6 cm³/mol. The Kier molecular flexibility index (Phi) is 5.17. The molecule has 1 aliphatic rings. The smallest absolute Gasteiger partial charge is 0.321 e. The van der Waals surface area contributed by atoms with Crippen LogP contribution in [0, 0.1) is 0 Å². The maximum Gasteiger partial charge on any atom is 0.321 e. The second-order valence-corrected chi connectivity index (χ2v) is 6.35. The van der Waals surface area contributed by atoms with Crippen molar-refractivity contribution in [2.75, 3.05) is 18.9 Å². The molecule has 0 radical (unpaired) electrons. The first-order valence-corrected chi connectivity index (χ1v) is 8.14. The SMILES string of the molecule is CCC(C)c1csc(NC(=O)NC2CCC(=O)N(C)C2)n1. The van der Waals surface area contributed by atoms with E-state index in [0.717, 1.165) is 12.1 Å². The van der Waals surface area contributed by atoms with Crippen LogP contribution in [0.25, 0.3) is 0 Å². The molecule has 1 aliphatic heterocycles. The van der Waals surface area contributed by atoms with Crippen molar-refractivity contribution >= 4 is 28.4 Å². The van der Waals surface area contributed by atoms with Gasteiger partial charge in [0.2, 0.25) is 5.91 Å². The molecule has 2 heterocycles. The molecule has 0 spiro atoms. The Morgan fingerprint density at radius 2 is 2.38 bits per heavy atom. The molecular weight excluding hydrogens is 288 g/mol. The highest BCUT2D eigenvalue weighted by molar-refractivity contribution is 7.13. The summed E-state index contributed by atoms with van der Waals surface area (Å²) in [5, 5.41) is 8.26. The number of piperidine rings is 1. The van der Waals surface area contributed by atoms with Gasteiger partial charge in [-0.15, -0.1) is 11.3 Å². The van der Waals surface area contributed by atoms with Crippen LogP contribution < -0.4 is 10.6 Å². The van der Waals surface area contributed by atoms with Crippen LogP contribution in [0.1, 0.15) is 44.7 Å². The Bertz CT molecular complexity index is 517. The molecule has 2 unspecified atom stereocenters. The van der Waals surface area contributed by atoms with E-state index in [9.17, 15) is 9.59 Å². The molecule has 1 aromatic rings. The molecule has 0 bridgehead atoms. The van der Waals surface area contributed by atoms with Gasteiger partial charge in [-0.1, -0.05) is 13.8 Å². The Labute approximate surface area is 128 Å². The van der Waals surface area contributed by atoms with Crippen molar-refractivity contribution in [3.63, 3.8) is 0 Å². The number of amides is 3. The first-order valence-electron chi connectivity index (χ1n) is 7.26. The fourth-order valence-electron chi connectivity index (χ4n) is 2.23. The highest BCUT2D eigenvalue weighted by Crippen LogP contribution is 2.23. The van der Waals surface area contributed by atoms with Crippen LogP contribution in [-0.2, 0) is 4.79 Å². The number of carbonyl (C=O) groups is 2. The number of carbonyl (C=O) groups excluding carboxylic acids is 2. The number of urea groups is 1. The van der Waals surface area contributed by atoms with Crippen LogP contribution in [-0.4, -0.2) is 41.5 Å². The van der Waals surface area contributed by atoms with E-state index in [1.54, 1.807) is 11.9 Å². The number of likely N-dealkylation sites (tertiary alicyclic amines) is 1. The monoisotopic (exact) mass is 310 g/mol. The summed E-state index contributed by atoms with van der Waals surface area (Å²) in [7, 11) is 1.76. The second-order valence-electron chi connectivity index (χ2n) is 5.50. The summed E-state index contributed by atoms with van der Waals surface area (Å²) in [6, 6.07) is -0.255. The zero-order chi connectivity index (χ0) is 15.4. The third-order valence-electron chi connectivity index (χ3n) is 3.82. The van der Waals surface area contributed by atoms with Gasteiger partial charge in [0, 0.05) is 31.4 Å². The minimum absolute atomic E-state index is 0.00157. The number of hydrogen-bond acceptors (Lipinski definition) is 4. The van der Waals surface area contributed by atoms with Gasteiger partial charge in [-0.3, -0.25) is 10.1 Å². The van der Waals surface area contributed by atoms with Gasteiger partial charge in [0.15, 0.2) is 5.13 Å². The fraction of sp³-hybridized carbons (Fsp3) is 0.643.